The monoisotopic (exact) mass is 595 g/mol. The van der Waals surface area contributed by atoms with Crippen molar-refractivity contribution in [1.82, 2.24) is 0 Å². The Morgan fingerprint density at radius 3 is 0.929 bits per heavy atom. The van der Waals surface area contributed by atoms with E-state index in [9.17, 15) is 9.59 Å². The molecule has 0 aliphatic heterocycles. The molecule has 0 aromatic heterocycles. The number of allylic oxidation sites excluding steroid dienone is 2. The summed E-state index contributed by atoms with van der Waals surface area (Å²) in [6.07, 6.45) is 40.0. The highest BCUT2D eigenvalue weighted by Crippen LogP contribution is 2.13. The zero-order chi connectivity index (χ0) is 31.2. The maximum absolute atomic E-state index is 11.1. The van der Waals surface area contributed by atoms with Crippen LogP contribution in [0.25, 0.3) is 0 Å². The number of rotatable bonds is 31. The van der Waals surface area contributed by atoms with Crippen LogP contribution in [0.5, 0.6) is 0 Å². The topological polar surface area (TPSA) is 52.6 Å². The van der Waals surface area contributed by atoms with Gasteiger partial charge in [-0.25, -0.2) is 0 Å². The van der Waals surface area contributed by atoms with Crippen LogP contribution < -0.4 is 0 Å². The van der Waals surface area contributed by atoms with E-state index in [-0.39, 0.29) is 11.9 Å². The van der Waals surface area contributed by atoms with Gasteiger partial charge in [0.05, 0.1) is 13.2 Å². The molecule has 4 nitrogen and oxygen atoms in total. The van der Waals surface area contributed by atoms with Crippen molar-refractivity contribution in [3.63, 3.8) is 0 Å². The van der Waals surface area contributed by atoms with Crippen LogP contribution in [-0.4, -0.2) is 25.2 Å². The Labute approximate surface area is 263 Å². The highest BCUT2D eigenvalue weighted by Gasteiger charge is 2.01. The second-order valence-electron chi connectivity index (χ2n) is 11.9. The predicted molar refractivity (Wildman–Crippen MR) is 183 cm³/mol. The molecule has 4 heteroatoms. The minimum absolute atomic E-state index is 0.0319. The van der Waals surface area contributed by atoms with Crippen molar-refractivity contribution in [2.24, 2.45) is 0 Å². The summed E-state index contributed by atoms with van der Waals surface area (Å²) in [6, 6.07) is 0. The Hall–Kier alpha value is -1.32. The lowest BCUT2D eigenvalue weighted by Crippen LogP contribution is -2.03. The van der Waals surface area contributed by atoms with Crippen LogP contribution in [0.15, 0.2) is 12.2 Å². The first kappa shape index (κ1) is 42.8. The van der Waals surface area contributed by atoms with Gasteiger partial charge in [-0.05, 0) is 52.4 Å². The van der Waals surface area contributed by atoms with E-state index in [0.717, 1.165) is 19.3 Å². The quantitative estimate of drug-likeness (QED) is 0.0455. The molecule has 0 unspecified atom stereocenters. The second-order valence-corrected chi connectivity index (χ2v) is 11.9. The van der Waals surface area contributed by atoms with Crippen molar-refractivity contribution < 1.29 is 19.1 Å². The van der Waals surface area contributed by atoms with Gasteiger partial charge in [0.25, 0.3) is 0 Å². The maximum Gasteiger partial charge on any atom is 0.305 e. The third-order valence-electron chi connectivity index (χ3n) is 7.74. The smallest absolute Gasteiger partial charge is 0.305 e. The van der Waals surface area contributed by atoms with Crippen molar-refractivity contribution in [3.05, 3.63) is 12.2 Å². The minimum Gasteiger partial charge on any atom is -0.466 e. The first-order valence-corrected chi connectivity index (χ1v) is 18.6. The normalized spacial score (nSPS) is 11.0. The fraction of sp³-hybridized carbons (Fsp3) is 0.895. The molecule has 0 bridgehead atoms. The summed E-state index contributed by atoms with van der Waals surface area (Å²) >= 11 is 0. The molecule has 0 aliphatic rings. The number of unbranched alkanes of at least 4 members (excludes halogenated alkanes) is 23. The van der Waals surface area contributed by atoms with Crippen molar-refractivity contribution in [1.29, 1.82) is 0 Å². The zero-order valence-electron chi connectivity index (χ0n) is 29.0. The molecule has 250 valence electrons. The second kappa shape index (κ2) is 39.7. The van der Waals surface area contributed by atoms with Crippen molar-refractivity contribution in [2.45, 2.75) is 207 Å². The molecule has 0 aromatic carbocycles. The van der Waals surface area contributed by atoms with Crippen LogP contribution in [0.2, 0.25) is 0 Å². The summed E-state index contributed by atoms with van der Waals surface area (Å²) in [5, 5.41) is 0. The Bertz CT molecular complexity index is 557. The third kappa shape index (κ3) is 40.8. The first-order valence-electron chi connectivity index (χ1n) is 18.6. The third-order valence-corrected chi connectivity index (χ3v) is 7.74. The fourth-order valence-electron chi connectivity index (χ4n) is 5.09. The zero-order valence-corrected chi connectivity index (χ0v) is 29.0. The molecule has 0 aliphatic carbocycles. The van der Waals surface area contributed by atoms with E-state index < -0.39 is 0 Å². The van der Waals surface area contributed by atoms with Crippen LogP contribution >= 0.6 is 0 Å². The molecule has 0 saturated heterocycles. The average molecular weight is 595 g/mol. The van der Waals surface area contributed by atoms with Gasteiger partial charge in [0.1, 0.15) is 0 Å². The summed E-state index contributed by atoms with van der Waals surface area (Å²) in [5.41, 5.74) is 0. The minimum atomic E-state index is -0.0415. The molecular weight excluding hydrogens is 520 g/mol. The van der Waals surface area contributed by atoms with Crippen molar-refractivity contribution >= 4 is 11.9 Å². The van der Waals surface area contributed by atoms with Gasteiger partial charge in [-0.1, -0.05) is 154 Å². The highest BCUT2D eigenvalue weighted by atomic mass is 16.5. The number of hydrogen-bond donors (Lipinski definition) is 0. The number of ether oxygens (including phenoxy) is 2. The largest absolute Gasteiger partial charge is 0.466 e. The molecule has 42 heavy (non-hydrogen) atoms. The van der Waals surface area contributed by atoms with Crippen LogP contribution in [0.4, 0.5) is 0 Å². The molecule has 0 amide bonds. The van der Waals surface area contributed by atoms with Gasteiger partial charge in [-0.15, -0.1) is 0 Å². The van der Waals surface area contributed by atoms with Crippen molar-refractivity contribution in [3.8, 4) is 0 Å². The summed E-state index contributed by atoms with van der Waals surface area (Å²) in [4.78, 5) is 22.3. The van der Waals surface area contributed by atoms with Gasteiger partial charge in [0.2, 0.25) is 0 Å². The Balaban J connectivity index is 0. The van der Waals surface area contributed by atoms with E-state index in [0.29, 0.717) is 26.1 Å². The van der Waals surface area contributed by atoms with Gasteiger partial charge in [0, 0.05) is 12.8 Å². The molecule has 0 N–H and O–H groups in total. The van der Waals surface area contributed by atoms with E-state index >= 15 is 0 Å². The summed E-state index contributed by atoms with van der Waals surface area (Å²) in [6.45, 7) is 9.27. The first-order chi connectivity index (χ1) is 20.6. The molecule has 0 aromatic rings. The Morgan fingerprint density at radius 2 is 0.643 bits per heavy atom. The van der Waals surface area contributed by atoms with E-state index in [1.807, 2.05) is 13.8 Å². The van der Waals surface area contributed by atoms with Gasteiger partial charge in [-0.2, -0.15) is 0 Å². The summed E-state index contributed by atoms with van der Waals surface area (Å²) in [5.74, 6) is -0.0734. The van der Waals surface area contributed by atoms with Gasteiger partial charge < -0.3 is 9.47 Å². The molecule has 0 saturated carbocycles. The lowest BCUT2D eigenvalue weighted by atomic mass is 10.0. The fourth-order valence-corrected chi connectivity index (χ4v) is 5.09. The average Bonchev–Trinajstić information content (AvgIpc) is 2.98. The van der Waals surface area contributed by atoms with Crippen LogP contribution in [0.1, 0.15) is 207 Å². The standard InChI is InChI=1S/C20H38O2.C18H36O2/c1-3-5-6-7-8-9-10-11-12-13-14-15-16-17-18-19-20(21)22-4-2;1-3-5-6-7-8-9-10-11-12-13-14-15-16-17-18(19)20-4-2/h11-12H,3-10,13-19H2,1-2H3;3-17H2,1-2H3/b12-11-;. The van der Waals surface area contributed by atoms with Gasteiger partial charge in [-0.3, -0.25) is 9.59 Å². The molecule has 0 rings (SSSR count). The molecule has 0 atom stereocenters. The highest BCUT2D eigenvalue weighted by molar-refractivity contribution is 5.69. The van der Waals surface area contributed by atoms with Gasteiger partial charge >= 0.3 is 11.9 Å². The summed E-state index contributed by atoms with van der Waals surface area (Å²) < 4.78 is 9.82. The Morgan fingerprint density at radius 1 is 0.381 bits per heavy atom. The molecule has 0 radical (unpaired) electrons. The number of esters is 2. The van der Waals surface area contributed by atoms with Crippen LogP contribution in [-0.2, 0) is 19.1 Å². The lowest BCUT2D eigenvalue weighted by molar-refractivity contribution is -0.144. The molecule has 0 heterocycles. The number of carbonyl (C=O) groups excluding carboxylic acids is 2. The van der Waals surface area contributed by atoms with E-state index in [1.165, 1.54) is 148 Å². The van der Waals surface area contributed by atoms with Crippen LogP contribution in [0.3, 0.4) is 0 Å². The molecule has 0 spiro atoms. The maximum atomic E-state index is 11.1. The van der Waals surface area contributed by atoms with E-state index in [4.69, 9.17) is 9.47 Å². The molecular formula is C38H74O4. The summed E-state index contributed by atoms with van der Waals surface area (Å²) in [7, 11) is 0. The van der Waals surface area contributed by atoms with E-state index in [1.54, 1.807) is 0 Å². The van der Waals surface area contributed by atoms with Crippen LogP contribution in [0, 0.1) is 0 Å². The SMILES string of the molecule is CCCCCCCC/C=C\CCCCCCCC(=O)OCC.CCCCCCCCCCCCCCCC(=O)OCC. The number of hydrogen-bond acceptors (Lipinski definition) is 4. The van der Waals surface area contributed by atoms with Crippen molar-refractivity contribution in [2.75, 3.05) is 13.2 Å². The number of carbonyl (C=O) groups is 2. The van der Waals surface area contributed by atoms with Gasteiger partial charge in [0.15, 0.2) is 0 Å². The van der Waals surface area contributed by atoms with E-state index in [2.05, 4.69) is 26.0 Å². The Kier molecular flexibility index (Phi) is 40.4. The predicted octanol–water partition coefficient (Wildman–Crippen LogP) is 12.6. The molecule has 0 fully saturated rings. The lowest BCUT2D eigenvalue weighted by Gasteiger charge is -2.03.